The zero-order chi connectivity index (χ0) is 19.7. The molecule has 1 heterocycles. The maximum Gasteiger partial charge on any atom is 0.293 e. The number of para-hydroxylation sites is 1. The van der Waals surface area contributed by atoms with E-state index >= 15 is 0 Å². The molecule has 1 saturated carbocycles. The van der Waals surface area contributed by atoms with E-state index < -0.39 is 17.5 Å². The van der Waals surface area contributed by atoms with Crippen LogP contribution in [0.5, 0.6) is 0 Å². The van der Waals surface area contributed by atoms with Crippen molar-refractivity contribution in [3.8, 4) is 0 Å². The van der Waals surface area contributed by atoms with E-state index in [1.807, 2.05) is 0 Å². The molecule has 0 saturated heterocycles. The highest BCUT2D eigenvalue weighted by Gasteiger charge is 2.27. The van der Waals surface area contributed by atoms with E-state index in [1.54, 1.807) is 24.3 Å². The fourth-order valence-corrected chi connectivity index (χ4v) is 3.50. The van der Waals surface area contributed by atoms with Crippen molar-refractivity contribution in [2.24, 2.45) is 5.92 Å². The van der Waals surface area contributed by atoms with E-state index in [2.05, 4.69) is 10.6 Å². The number of carbonyl (C=O) groups excluding carboxylic acids is 2. The summed E-state index contributed by atoms with van der Waals surface area (Å²) in [6.45, 7) is 0. The number of furan rings is 1. The summed E-state index contributed by atoms with van der Waals surface area (Å²) in [4.78, 5) is 25.3. The van der Waals surface area contributed by atoms with Gasteiger partial charge in [0, 0.05) is 23.1 Å². The van der Waals surface area contributed by atoms with E-state index in [0.717, 1.165) is 37.8 Å². The highest BCUT2D eigenvalue weighted by atomic mass is 19.2. The maximum absolute atomic E-state index is 13.4. The Morgan fingerprint density at radius 3 is 2.46 bits per heavy atom. The molecule has 3 aromatic rings. The van der Waals surface area contributed by atoms with Crippen molar-refractivity contribution in [3.05, 3.63) is 59.9 Å². The van der Waals surface area contributed by atoms with Gasteiger partial charge in [-0.1, -0.05) is 25.0 Å². The van der Waals surface area contributed by atoms with Gasteiger partial charge >= 0.3 is 0 Å². The van der Waals surface area contributed by atoms with Crippen LogP contribution in [0, 0.1) is 17.6 Å². The van der Waals surface area contributed by atoms with Gasteiger partial charge in [0.2, 0.25) is 11.7 Å². The van der Waals surface area contributed by atoms with Crippen LogP contribution in [0.3, 0.4) is 0 Å². The molecule has 1 aliphatic rings. The van der Waals surface area contributed by atoms with Gasteiger partial charge in [-0.3, -0.25) is 9.59 Å². The standard InChI is InChI=1S/C21H18F2N2O3/c22-15-10-9-13(11-16(15)23)24-21(27)19-18(14-7-3-4-8-17(14)28-19)25-20(26)12-5-1-2-6-12/h3-4,7-12H,1-2,5-6H2,(H,24,27)(H,25,26). The summed E-state index contributed by atoms with van der Waals surface area (Å²) < 4.78 is 32.2. The fraction of sp³-hybridized carbons (Fsp3) is 0.238. The molecule has 0 bridgehead atoms. The monoisotopic (exact) mass is 384 g/mol. The molecule has 2 amide bonds. The van der Waals surface area contributed by atoms with E-state index in [4.69, 9.17) is 4.42 Å². The fourth-order valence-electron chi connectivity index (χ4n) is 3.50. The topological polar surface area (TPSA) is 71.3 Å². The second-order valence-corrected chi connectivity index (χ2v) is 6.86. The van der Waals surface area contributed by atoms with Gasteiger partial charge in [0.05, 0.1) is 0 Å². The summed E-state index contributed by atoms with van der Waals surface area (Å²) in [5, 5.41) is 5.92. The molecular formula is C21H18F2N2O3. The van der Waals surface area contributed by atoms with Gasteiger partial charge in [0.1, 0.15) is 11.3 Å². The predicted molar refractivity (Wildman–Crippen MR) is 101 cm³/mol. The molecule has 4 rings (SSSR count). The Kier molecular flexibility index (Phi) is 4.81. The van der Waals surface area contributed by atoms with Crippen LogP contribution < -0.4 is 10.6 Å². The van der Waals surface area contributed by atoms with Gasteiger partial charge in [-0.2, -0.15) is 0 Å². The zero-order valence-electron chi connectivity index (χ0n) is 14.9. The molecular weight excluding hydrogens is 366 g/mol. The van der Waals surface area contributed by atoms with E-state index in [1.165, 1.54) is 6.07 Å². The molecule has 1 fully saturated rings. The Labute approximate surface area is 159 Å². The number of anilines is 2. The second-order valence-electron chi connectivity index (χ2n) is 6.86. The van der Waals surface area contributed by atoms with Crippen molar-refractivity contribution in [1.82, 2.24) is 0 Å². The minimum atomic E-state index is -1.07. The van der Waals surface area contributed by atoms with Crippen molar-refractivity contribution in [2.45, 2.75) is 25.7 Å². The van der Waals surface area contributed by atoms with Crippen LogP contribution >= 0.6 is 0 Å². The highest BCUT2D eigenvalue weighted by molar-refractivity contribution is 6.14. The lowest BCUT2D eigenvalue weighted by atomic mass is 10.1. The number of halogens is 2. The molecule has 1 aromatic heterocycles. The molecule has 0 spiro atoms. The lowest BCUT2D eigenvalue weighted by molar-refractivity contribution is -0.119. The number of hydrogen-bond donors (Lipinski definition) is 2. The number of carbonyl (C=O) groups is 2. The van der Waals surface area contributed by atoms with Crippen LogP contribution in [-0.2, 0) is 4.79 Å². The zero-order valence-corrected chi connectivity index (χ0v) is 14.9. The molecule has 2 aromatic carbocycles. The van der Waals surface area contributed by atoms with Crippen LogP contribution in [0.2, 0.25) is 0 Å². The average Bonchev–Trinajstić information content (AvgIpc) is 3.33. The molecule has 0 radical (unpaired) electrons. The predicted octanol–water partition coefficient (Wildman–Crippen LogP) is 5.09. The van der Waals surface area contributed by atoms with E-state index in [9.17, 15) is 18.4 Å². The van der Waals surface area contributed by atoms with Gasteiger partial charge < -0.3 is 15.1 Å². The average molecular weight is 384 g/mol. The molecule has 144 valence electrons. The van der Waals surface area contributed by atoms with Crippen LogP contribution in [-0.4, -0.2) is 11.8 Å². The number of benzene rings is 2. The summed E-state index contributed by atoms with van der Waals surface area (Å²) in [7, 11) is 0. The third-order valence-corrected chi connectivity index (χ3v) is 4.95. The van der Waals surface area contributed by atoms with Gasteiger partial charge in [-0.25, -0.2) is 8.78 Å². The Morgan fingerprint density at radius 2 is 1.71 bits per heavy atom. The first kappa shape index (κ1) is 18.2. The van der Waals surface area contributed by atoms with Gasteiger partial charge in [0.25, 0.3) is 5.91 Å². The Morgan fingerprint density at radius 1 is 0.964 bits per heavy atom. The van der Waals surface area contributed by atoms with E-state index in [-0.39, 0.29) is 29.0 Å². The molecule has 2 N–H and O–H groups in total. The lowest BCUT2D eigenvalue weighted by Crippen LogP contribution is -2.22. The van der Waals surface area contributed by atoms with Crippen molar-refractivity contribution in [3.63, 3.8) is 0 Å². The summed E-state index contributed by atoms with van der Waals surface area (Å²) in [6.07, 6.45) is 3.65. The normalized spacial score (nSPS) is 14.4. The number of fused-ring (bicyclic) bond motifs is 1. The van der Waals surface area contributed by atoms with Crippen molar-refractivity contribution >= 4 is 34.2 Å². The molecule has 5 nitrogen and oxygen atoms in total. The number of amides is 2. The number of nitrogens with one attached hydrogen (secondary N) is 2. The van der Waals surface area contributed by atoms with Crippen LogP contribution in [0.4, 0.5) is 20.2 Å². The first-order valence-electron chi connectivity index (χ1n) is 9.12. The third kappa shape index (κ3) is 3.47. The quantitative estimate of drug-likeness (QED) is 0.658. The van der Waals surface area contributed by atoms with Gasteiger partial charge in [-0.15, -0.1) is 0 Å². The Hall–Kier alpha value is -3.22. The van der Waals surface area contributed by atoms with Crippen molar-refractivity contribution in [1.29, 1.82) is 0 Å². The molecule has 0 aliphatic heterocycles. The Balaban J connectivity index is 1.66. The highest BCUT2D eigenvalue weighted by Crippen LogP contribution is 2.33. The molecule has 0 unspecified atom stereocenters. The summed E-state index contributed by atoms with van der Waals surface area (Å²) in [5.41, 5.74) is 0.810. The van der Waals surface area contributed by atoms with Gasteiger partial charge in [0.15, 0.2) is 11.6 Å². The number of rotatable bonds is 4. The van der Waals surface area contributed by atoms with Crippen LogP contribution in [0.1, 0.15) is 36.2 Å². The summed E-state index contributed by atoms with van der Waals surface area (Å²) >= 11 is 0. The first-order valence-corrected chi connectivity index (χ1v) is 9.12. The van der Waals surface area contributed by atoms with Crippen LogP contribution in [0.25, 0.3) is 11.0 Å². The van der Waals surface area contributed by atoms with Crippen molar-refractivity contribution < 1.29 is 22.8 Å². The number of hydrogen-bond acceptors (Lipinski definition) is 3. The van der Waals surface area contributed by atoms with Crippen molar-refractivity contribution in [2.75, 3.05) is 10.6 Å². The smallest absolute Gasteiger partial charge is 0.293 e. The summed E-state index contributed by atoms with van der Waals surface area (Å²) in [5.74, 6) is -3.06. The Bertz CT molecular complexity index is 1050. The largest absolute Gasteiger partial charge is 0.449 e. The minimum absolute atomic E-state index is 0.0809. The molecule has 1 aliphatic carbocycles. The van der Waals surface area contributed by atoms with Gasteiger partial charge in [-0.05, 0) is 37.1 Å². The van der Waals surface area contributed by atoms with E-state index in [0.29, 0.717) is 11.0 Å². The van der Waals surface area contributed by atoms with Crippen LogP contribution in [0.15, 0.2) is 46.9 Å². The summed E-state index contributed by atoms with van der Waals surface area (Å²) in [6, 6.07) is 10.0. The first-order chi connectivity index (χ1) is 13.5. The molecule has 0 atom stereocenters. The minimum Gasteiger partial charge on any atom is -0.449 e. The molecule has 28 heavy (non-hydrogen) atoms. The maximum atomic E-state index is 13.4. The second kappa shape index (κ2) is 7.42. The SMILES string of the molecule is O=C(Nc1ccc(F)c(F)c1)c1oc2ccccc2c1NC(=O)C1CCCC1. The third-order valence-electron chi connectivity index (χ3n) is 4.95. The lowest BCUT2D eigenvalue weighted by Gasteiger charge is -2.11. The molecule has 7 heteroatoms.